The SMILES string of the molecule is O=C(O)CNC(=O)CNC(=O)CCSCCC(F)(F)C(F)(F)C(F)(F)C(F)(F)C(F)(F)C(F)C(F)CF. The highest BCUT2D eigenvalue weighted by molar-refractivity contribution is 7.99. The smallest absolute Gasteiger partial charge is 0.384 e. The zero-order valence-electron chi connectivity index (χ0n) is 18.1. The summed E-state index contributed by atoms with van der Waals surface area (Å²) in [5.41, 5.74) is 0. The van der Waals surface area contributed by atoms with Crippen LogP contribution < -0.4 is 10.6 Å². The average Bonchev–Trinajstić information content (AvgIpc) is 2.79. The summed E-state index contributed by atoms with van der Waals surface area (Å²) in [6, 6.07) is 0. The summed E-state index contributed by atoms with van der Waals surface area (Å²) < 4.78 is 174. The van der Waals surface area contributed by atoms with Crippen LogP contribution in [0.5, 0.6) is 0 Å². The summed E-state index contributed by atoms with van der Waals surface area (Å²) in [4.78, 5) is 32.8. The first-order valence-corrected chi connectivity index (χ1v) is 10.8. The number of thioether (sulfide) groups is 1. The standard InChI is InChI=1S/C17H19F13N2O4S/c18-5-8(19)12(20)14(23,24)16(27,28)17(29,30)15(25,26)13(21,22)2-4-37-3-1-9(33)31-6-10(34)32-7-11(35)36/h8,12H,1-7H2,(H,31,33)(H,32,34)(H,35,36). The number of aliphatic carboxylic acids is 1. The van der Waals surface area contributed by atoms with Gasteiger partial charge in [0.05, 0.1) is 6.54 Å². The largest absolute Gasteiger partial charge is 0.480 e. The highest BCUT2D eigenvalue weighted by Crippen LogP contribution is 2.59. The predicted molar refractivity (Wildman–Crippen MR) is 101 cm³/mol. The van der Waals surface area contributed by atoms with Gasteiger partial charge in [0.1, 0.15) is 13.2 Å². The fourth-order valence-corrected chi connectivity index (χ4v) is 3.18. The number of hydrogen-bond acceptors (Lipinski definition) is 4. The van der Waals surface area contributed by atoms with Crippen molar-refractivity contribution in [3.8, 4) is 0 Å². The van der Waals surface area contributed by atoms with E-state index in [4.69, 9.17) is 5.11 Å². The Labute approximate surface area is 203 Å². The van der Waals surface area contributed by atoms with Crippen molar-refractivity contribution in [3.05, 3.63) is 0 Å². The van der Waals surface area contributed by atoms with Gasteiger partial charge < -0.3 is 15.7 Å². The van der Waals surface area contributed by atoms with E-state index in [1.807, 2.05) is 10.6 Å². The van der Waals surface area contributed by atoms with Gasteiger partial charge in [-0.1, -0.05) is 0 Å². The molecule has 2 amide bonds. The number of halogens is 13. The number of carboxylic acids is 1. The Bertz CT molecular complexity index is 801. The third kappa shape index (κ3) is 8.17. The van der Waals surface area contributed by atoms with E-state index in [1.54, 1.807) is 0 Å². The van der Waals surface area contributed by atoms with Crippen LogP contribution in [0.3, 0.4) is 0 Å². The molecule has 0 saturated heterocycles. The van der Waals surface area contributed by atoms with E-state index in [2.05, 4.69) is 0 Å². The normalized spacial score (nSPS) is 15.2. The molecule has 2 atom stereocenters. The fraction of sp³-hybridized carbons (Fsp3) is 0.824. The van der Waals surface area contributed by atoms with Crippen molar-refractivity contribution in [3.63, 3.8) is 0 Å². The first kappa shape index (κ1) is 34.9. The van der Waals surface area contributed by atoms with E-state index < -0.39 is 104 Å². The van der Waals surface area contributed by atoms with Crippen LogP contribution in [0.25, 0.3) is 0 Å². The van der Waals surface area contributed by atoms with Crippen molar-refractivity contribution < 1.29 is 76.6 Å². The van der Waals surface area contributed by atoms with Crippen LogP contribution in [0.4, 0.5) is 57.1 Å². The van der Waals surface area contributed by atoms with E-state index in [9.17, 15) is 71.5 Å². The van der Waals surface area contributed by atoms with Crippen molar-refractivity contribution in [1.29, 1.82) is 0 Å². The predicted octanol–water partition coefficient (Wildman–Crippen LogP) is 3.64. The lowest BCUT2D eigenvalue weighted by Gasteiger charge is -2.40. The third-order valence-corrected chi connectivity index (χ3v) is 5.38. The lowest BCUT2D eigenvalue weighted by Crippen LogP contribution is -2.69. The van der Waals surface area contributed by atoms with E-state index >= 15 is 0 Å². The van der Waals surface area contributed by atoms with Gasteiger partial charge in [-0.15, -0.1) is 0 Å². The molecule has 0 aliphatic rings. The molecule has 6 nitrogen and oxygen atoms in total. The summed E-state index contributed by atoms with van der Waals surface area (Å²) in [5.74, 6) is -40.5. The summed E-state index contributed by atoms with van der Waals surface area (Å²) in [5, 5.41) is 12.1. The van der Waals surface area contributed by atoms with Gasteiger partial charge in [0.2, 0.25) is 18.0 Å². The number of alkyl halides is 13. The van der Waals surface area contributed by atoms with Gasteiger partial charge in [-0.2, -0.15) is 55.7 Å². The van der Waals surface area contributed by atoms with Crippen LogP contribution in [0.1, 0.15) is 12.8 Å². The molecule has 0 spiro atoms. The number of amides is 2. The number of carbonyl (C=O) groups is 3. The fourth-order valence-electron chi connectivity index (χ4n) is 2.24. The summed E-state index contributed by atoms with van der Waals surface area (Å²) in [7, 11) is 0. The van der Waals surface area contributed by atoms with Gasteiger partial charge in [0.25, 0.3) is 0 Å². The molecule has 0 aromatic carbocycles. The van der Waals surface area contributed by atoms with Crippen LogP contribution in [0, 0.1) is 0 Å². The van der Waals surface area contributed by atoms with Crippen molar-refractivity contribution in [2.45, 2.75) is 54.8 Å². The summed E-state index contributed by atoms with van der Waals surface area (Å²) in [6.45, 7) is -4.21. The number of carboxylic acid groups (broad SMARTS) is 1. The molecule has 0 saturated carbocycles. The molecule has 0 aromatic rings. The minimum atomic E-state index is -7.64. The second kappa shape index (κ2) is 13.1. The molecule has 218 valence electrons. The van der Waals surface area contributed by atoms with Crippen LogP contribution in [0.15, 0.2) is 0 Å². The Morgan fingerprint density at radius 2 is 1.27 bits per heavy atom. The number of hydrogen-bond donors (Lipinski definition) is 3. The first-order chi connectivity index (χ1) is 16.6. The zero-order valence-corrected chi connectivity index (χ0v) is 18.9. The highest BCUT2D eigenvalue weighted by Gasteiger charge is 2.87. The Morgan fingerprint density at radius 1 is 0.757 bits per heavy atom. The number of carbonyl (C=O) groups excluding carboxylic acids is 2. The van der Waals surface area contributed by atoms with E-state index in [1.165, 1.54) is 0 Å². The second-order valence-electron chi connectivity index (χ2n) is 7.18. The van der Waals surface area contributed by atoms with Gasteiger partial charge in [-0.25, -0.2) is 13.2 Å². The first-order valence-electron chi connectivity index (χ1n) is 9.66. The van der Waals surface area contributed by atoms with E-state index in [0.717, 1.165) is 0 Å². The van der Waals surface area contributed by atoms with Crippen LogP contribution in [0.2, 0.25) is 0 Å². The van der Waals surface area contributed by atoms with Crippen molar-refractivity contribution >= 4 is 29.5 Å². The van der Waals surface area contributed by atoms with Crippen LogP contribution in [-0.4, -0.2) is 96.1 Å². The van der Waals surface area contributed by atoms with Crippen molar-refractivity contribution in [1.82, 2.24) is 10.6 Å². The molecule has 3 N–H and O–H groups in total. The van der Waals surface area contributed by atoms with Gasteiger partial charge >= 0.3 is 35.6 Å². The average molecular weight is 594 g/mol. The van der Waals surface area contributed by atoms with Gasteiger partial charge in [0, 0.05) is 18.6 Å². The Morgan fingerprint density at radius 3 is 1.76 bits per heavy atom. The lowest BCUT2D eigenvalue weighted by atomic mass is 9.90. The van der Waals surface area contributed by atoms with Crippen LogP contribution in [-0.2, 0) is 14.4 Å². The topological polar surface area (TPSA) is 95.5 Å². The molecule has 0 aromatic heterocycles. The lowest BCUT2D eigenvalue weighted by molar-refractivity contribution is -0.409. The van der Waals surface area contributed by atoms with Gasteiger partial charge in [-0.3, -0.25) is 14.4 Å². The molecule has 0 aliphatic heterocycles. The maximum Gasteiger partial charge on any atom is 0.384 e. The minimum absolute atomic E-state index is 0.224. The van der Waals surface area contributed by atoms with Crippen molar-refractivity contribution in [2.24, 2.45) is 0 Å². The number of nitrogens with one attached hydrogen (secondary N) is 2. The quantitative estimate of drug-likeness (QED) is 0.177. The van der Waals surface area contributed by atoms with Crippen molar-refractivity contribution in [2.75, 3.05) is 31.3 Å². The summed E-state index contributed by atoms with van der Waals surface area (Å²) >= 11 is 0.224. The molecule has 37 heavy (non-hydrogen) atoms. The Balaban J connectivity index is 5.07. The maximum absolute atomic E-state index is 13.8. The molecule has 0 fully saturated rings. The monoisotopic (exact) mass is 594 g/mol. The molecule has 2 unspecified atom stereocenters. The molecule has 0 rings (SSSR count). The molecular weight excluding hydrogens is 575 g/mol. The molecular formula is C17H19F13N2O4S. The Kier molecular flexibility index (Phi) is 12.3. The Hall–Kier alpha value is -2.15. The molecule has 0 bridgehead atoms. The molecule has 0 radical (unpaired) electrons. The van der Waals surface area contributed by atoms with Crippen LogP contribution >= 0.6 is 11.8 Å². The zero-order chi connectivity index (χ0) is 29.5. The number of rotatable bonds is 17. The van der Waals surface area contributed by atoms with E-state index in [-0.39, 0.29) is 11.8 Å². The van der Waals surface area contributed by atoms with E-state index in [0.29, 0.717) is 0 Å². The molecule has 20 heteroatoms. The summed E-state index contributed by atoms with van der Waals surface area (Å²) in [6.07, 6.45) is -12.1. The second-order valence-corrected chi connectivity index (χ2v) is 8.41. The molecule has 0 aliphatic carbocycles. The highest BCUT2D eigenvalue weighted by atomic mass is 32.2. The van der Waals surface area contributed by atoms with Gasteiger partial charge in [0.15, 0.2) is 6.17 Å². The molecule has 0 heterocycles. The minimum Gasteiger partial charge on any atom is -0.480 e. The maximum atomic E-state index is 13.8. The van der Waals surface area contributed by atoms with Gasteiger partial charge in [-0.05, 0) is 5.75 Å². The third-order valence-electron chi connectivity index (χ3n) is 4.39.